The fourth-order valence-electron chi connectivity index (χ4n) is 3.69. The van der Waals surface area contributed by atoms with Crippen LogP contribution in [0.15, 0.2) is 78.8 Å². The van der Waals surface area contributed by atoms with Crippen LogP contribution < -0.4 is 0 Å². The molecule has 1 N–H and O–H groups in total. The second-order valence-corrected chi connectivity index (χ2v) is 7.55. The van der Waals surface area contributed by atoms with E-state index < -0.39 is 0 Å². The molecule has 3 rings (SSSR count). The molecule has 30 heavy (non-hydrogen) atoms. The third kappa shape index (κ3) is 5.24. The third-order valence-corrected chi connectivity index (χ3v) is 5.70. The zero-order chi connectivity index (χ0) is 21.5. The summed E-state index contributed by atoms with van der Waals surface area (Å²) in [7, 11) is 0. The highest BCUT2D eigenvalue weighted by atomic mass is 16.3. The quantitative estimate of drug-likeness (QED) is 0.423. The Morgan fingerprint density at radius 2 is 1.80 bits per heavy atom. The highest BCUT2D eigenvalue weighted by molar-refractivity contribution is 5.77. The van der Waals surface area contributed by atoms with E-state index in [9.17, 15) is 9.90 Å². The molecule has 1 aromatic carbocycles. The van der Waals surface area contributed by atoms with Gasteiger partial charge in [0, 0.05) is 55.3 Å². The van der Waals surface area contributed by atoms with Crippen LogP contribution in [0.3, 0.4) is 0 Å². The number of carbonyl (C=O) groups excluding carboxylic acids is 1. The van der Waals surface area contributed by atoms with E-state index in [1.165, 1.54) is 11.8 Å². The van der Waals surface area contributed by atoms with E-state index >= 15 is 0 Å². The van der Waals surface area contributed by atoms with Crippen LogP contribution in [0.1, 0.15) is 25.5 Å². The van der Waals surface area contributed by atoms with Crippen LogP contribution in [0.4, 0.5) is 0 Å². The van der Waals surface area contributed by atoms with Gasteiger partial charge in [0.15, 0.2) is 0 Å². The molecule has 1 saturated heterocycles. The van der Waals surface area contributed by atoms with Crippen molar-refractivity contribution in [2.45, 2.75) is 19.9 Å². The Morgan fingerprint density at radius 1 is 1.10 bits per heavy atom. The van der Waals surface area contributed by atoms with Gasteiger partial charge in [-0.2, -0.15) is 0 Å². The van der Waals surface area contributed by atoms with Gasteiger partial charge >= 0.3 is 0 Å². The van der Waals surface area contributed by atoms with Crippen LogP contribution in [0.2, 0.25) is 0 Å². The number of benzene rings is 1. The Bertz CT molecular complexity index is 929. The predicted octanol–water partition coefficient (Wildman–Crippen LogP) is 4.35. The van der Waals surface area contributed by atoms with Crippen molar-refractivity contribution >= 4 is 6.29 Å². The van der Waals surface area contributed by atoms with Gasteiger partial charge in [-0.25, -0.2) is 0 Å². The molecule has 0 spiro atoms. The first-order valence-electron chi connectivity index (χ1n) is 10.2. The van der Waals surface area contributed by atoms with Gasteiger partial charge < -0.3 is 10.0 Å². The number of aromatic nitrogens is 1. The maximum atomic E-state index is 10.9. The summed E-state index contributed by atoms with van der Waals surface area (Å²) in [6.45, 7) is 11.8. The maximum Gasteiger partial charge on any atom is 0.150 e. The minimum Gasteiger partial charge on any atom is -0.506 e. The summed E-state index contributed by atoms with van der Waals surface area (Å²) in [4.78, 5) is 19.8. The Kier molecular flexibility index (Phi) is 7.20. The third-order valence-electron chi connectivity index (χ3n) is 5.70. The van der Waals surface area contributed by atoms with E-state index in [0.717, 1.165) is 49.3 Å². The zero-order valence-electron chi connectivity index (χ0n) is 17.7. The number of carbonyl (C=O) groups is 1. The molecule has 1 fully saturated rings. The summed E-state index contributed by atoms with van der Waals surface area (Å²) in [5.41, 5.74) is 4.98. The molecule has 156 valence electrons. The van der Waals surface area contributed by atoms with Crippen molar-refractivity contribution in [3.8, 4) is 16.9 Å². The monoisotopic (exact) mass is 403 g/mol. The number of hydrogen-bond acceptors (Lipinski definition) is 5. The molecule has 1 atom stereocenters. The number of aldehydes is 1. The largest absolute Gasteiger partial charge is 0.506 e. The van der Waals surface area contributed by atoms with E-state index in [4.69, 9.17) is 0 Å². The first kappa shape index (κ1) is 21.5. The van der Waals surface area contributed by atoms with Crippen LogP contribution in [-0.4, -0.2) is 52.4 Å². The fraction of sp³-hybridized carbons (Fsp3) is 0.280. The lowest BCUT2D eigenvalue weighted by atomic mass is 10.0. The molecule has 0 aliphatic carbocycles. The van der Waals surface area contributed by atoms with E-state index in [2.05, 4.69) is 59.5 Å². The number of nitrogens with zero attached hydrogens (tertiary/aromatic N) is 3. The van der Waals surface area contributed by atoms with Crippen LogP contribution in [-0.2, 0) is 4.79 Å². The second-order valence-electron chi connectivity index (χ2n) is 7.55. The van der Waals surface area contributed by atoms with Crippen LogP contribution in [0.25, 0.3) is 11.1 Å². The Balaban J connectivity index is 1.60. The lowest BCUT2D eigenvalue weighted by Gasteiger charge is -2.39. The summed E-state index contributed by atoms with van der Waals surface area (Å²) in [6.07, 6.45) is 9.38. The molecule has 5 heteroatoms. The fourth-order valence-corrected chi connectivity index (χ4v) is 3.69. The Hall–Kier alpha value is -3.18. The normalized spacial score (nSPS) is 16.9. The average Bonchev–Trinajstić information content (AvgIpc) is 2.79. The number of rotatable bonds is 7. The van der Waals surface area contributed by atoms with E-state index in [0.29, 0.717) is 11.6 Å². The summed E-state index contributed by atoms with van der Waals surface area (Å²) >= 11 is 0. The first-order valence-corrected chi connectivity index (χ1v) is 10.2. The smallest absolute Gasteiger partial charge is 0.150 e. The zero-order valence-corrected chi connectivity index (χ0v) is 17.7. The number of pyridine rings is 1. The molecule has 0 radical (unpaired) electrons. The topological polar surface area (TPSA) is 56.7 Å². The van der Waals surface area contributed by atoms with Crippen molar-refractivity contribution in [2.24, 2.45) is 0 Å². The molecule has 2 aromatic rings. The molecule has 0 bridgehead atoms. The van der Waals surface area contributed by atoms with Gasteiger partial charge in [-0.3, -0.25) is 14.7 Å². The minimum atomic E-state index is 0.175. The minimum absolute atomic E-state index is 0.175. The summed E-state index contributed by atoms with van der Waals surface area (Å²) in [5.74, 6) is 0.175. The summed E-state index contributed by atoms with van der Waals surface area (Å²) < 4.78 is 0. The van der Waals surface area contributed by atoms with Gasteiger partial charge in [-0.1, -0.05) is 43.0 Å². The lowest BCUT2D eigenvalue weighted by molar-refractivity contribution is -0.104. The van der Waals surface area contributed by atoms with Gasteiger partial charge in [0.25, 0.3) is 0 Å². The van der Waals surface area contributed by atoms with Crippen molar-refractivity contribution in [2.75, 3.05) is 26.2 Å². The SMILES string of the molecule is C=C/C(C=O)=C\C=C(/C)N1CCN(C(C)c2ccc(-c3cncc(O)c3)cc2)CC1. The van der Waals surface area contributed by atoms with Crippen molar-refractivity contribution in [3.63, 3.8) is 0 Å². The van der Waals surface area contributed by atoms with Crippen molar-refractivity contribution < 1.29 is 9.90 Å². The van der Waals surface area contributed by atoms with E-state index in [1.807, 2.05) is 12.2 Å². The Labute approximate surface area is 178 Å². The van der Waals surface area contributed by atoms with E-state index in [-0.39, 0.29) is 5.75 Å². The van der Waals surface area contributed by atoms with Gasteiger partial charge in [-0.05, 0) is 37.1 Å². The maximum absolute atomic E-state index is 10.9. The lowest BCUT2D eigenvalue weighted by Crippen LogP contribution is -2.46. The molecule has 0 saturated carbocycles. The average molecular weight is 404 g/mol. The molecule has 0 amide bonds. The van der Waals surface area contributed by atoms with E-state index in [1.54, 1.807) is 18.3 Å². The second kappa shape index (κ2) is 10.0. The molecular weight excluding hydrogens is 374 g/mol. The highest BCUT2D eigenvalue weighted by Gasteiger charge is 2.22. The number of aromatic hydroxyl groups is 1. The summed E-state index contributed by atoms with van der Waals surface area (Å²) in [5, 5.41) is 9.63. The molecule has 1 aromatic heterocycles. The van der Waals surface area contributed by atoms with Gasteiger partial charge in [0.1, 0.15) is 12.0 Å². The number of hydrogen-bond donors (Lipinski definition) is 1. The molecule has 1 unspecified atom stereocenters. The molecule has 1 aliphatic rings. The Morgan fingerprint density at radius 3 is 2.40 bits per heavy atom. The van der Waals surface area contributed by atoms with Crippen LogP contribution in [0.5, 0.6) is 5.75 Å². The van der Waals surface area contributed by atoms with Gasteiger partial charge in [-0.15, -0.1) is 0 Å². The number of allylic oxidation sites excluding steroid dienone is 5. The van der Waals surface area contributed by atoms with Gasteiger partial charge in [0.2, 0.25) is 0 Å². The van der Waals surface area contributed by atoms with Gasteiger partial charge in [0.05, 0.1) is 6.20 Å². The standard InChI is InChI=1S/C25H29N3O2/c1-4-21(18-29)6-5-19(2)27-11-13-28(14-12-27)20(3)22-7-9-23(10-8-22)24-15-25(30)17-26-16-24/h4-10,15-18,20,30H,1,11-14H2,2-3H3/b19-5+,21-6+. The summed E-state index contributed by atoms with van der Waals surface area (Å²) in [6, 6.07) is 10.5. The number of piperazine rings is 1. The van der Waals surface area contributed by atoms with Crippen molar-refractivity contribution in [1.82, 2.24) is 14.8 Å². The first-order chi connectivity index (χ1) is 14.5. The van der Waals surface area contributed by atoms with Crippen LogP contribution >= 0.6 is 0 Å². The molecule has 5 nitrogen and oxygen atoms in total. The molecular formula is C25H29N3O2. The van der Waals surface area contributed by atoms with Crippen molar-refractivity contribution in [1.29, 1.82) is 0 Å². The highest BCUT2D eigenvalue weighted by Crippen LogP contribution is 2.27. The predicted molar refractivity (Wildman–Crippen MR) is 121 cm³/mol. The van der Waals surface area contributed by atoms with Crippen molar-refractivity contribution in [3.05, 3.63) is 84.4 Å². The van der Waals surface area contributed by atoms with Crippen LogP contribution in [0, 0.1) is 0 Å². The molecule has 2 heterocycles. The molecule has 1 aliphatic heterocycles.